The van der Waals surface area contributed by atoms with Gasteiger partial charge in [0.05, 0.1) is 21.7 Å². The van der Waals surface area contributed by atoms with Gasteiger partial charge in [-0.1, -0.05) is 29.3 Å². The van der Waals surface area contributed by atoms with Gasteiger partial charge in [-0.25, -0.2) is 0 Å². The zero-order chi connectivity index (χ0) is 18.3. The predicted molar refractivity (Wildman–Crippen MR) is 98.1 cm³/mol. The normalized spacial score (nSPS) is 18.3. The molecule has 0 spiro atoms. The van der Waals surface area contributed by atoms with Crippen LogP contribution >= 0.6 is 23.2 Å². The van der Waals surface area contributed by atoms with E-state index in [1.807, 2.05) is 0 Å². The molecule has 2 heterocycles. The molecule has 1 N–H and O–H groups in total. The van der Waals surface area contributed by atoms with E-state index < -0.39 is 5.92 Å². The molecule has 1 saturated heterocycles. The first-order valence-electron chi connectivity index (χ1n) is 7.98. The fourth-order valence-corrected chi connectivity index (χ4v) is 3.43. The number of carbonyl (C=O) groups excluding carboxylic acids is 2. The van der Waals surface area contributed by atoms with E-state index in [0.717, 1.165) is 0 Å². The summed E-state index contributed by atoms with van der Waals surface area (Å²) in [5.74, 6) is 0.333. The van der Waals surface area contributed by atoms with Crippen molar-refractivity contribution in [3.63, 3.8) is 0 Å². The molecule has 0 aromatic heterocycles. The van der Waals surface area contributed by atoms with Gasteiger partial charge in [0.25, 0.3) is 0 Å². The number of rotatable bonds is 3. The van der Waals surface area contributed by atoms with E-state index >= 15 is 0 Å². The SMILES string of the molecule is O=C(Nc1ccc2c(c1)OCO2)C1CC(=O)N(c2cccc(Cl)c2Cl)C1. The standard InChI is InChI=1S/C18H14Cl2N2O4/c19-12-2-1-3-13(17(12)20)22-8-10(6-16(22)23)18(24)21-11-4-5-14-15(7-11)26-9-25-14/h1-5,7,10H,6,8-9H2,(H,21,24). The Morgan fingerprint density at radius 2 is 1.96 bits per heavy atom. The summed E-state index contributed by atoms with van der Waals surface area (Å²) in [6, 6.07) is 10.2. The van der Waals surface area contributed by atoms with Gasteiger partial charge in [0, 0.05) is 24.7 Å². The van der Waals surface area contributed by atoms with E-state index in [4.69, 9.17) is 32.7 Å². The predicted octanol–water partition coefficient (Wildman–Crippen LogP) is 3.71. The highest BCUT2D eigenvalue weighted by Gasteiger charge is 2.36. The van der Waals surface area contributed by atoms with E-state index in [1.165, 1.54) is 4.90 Å². The molecule has 2 aliphatic heterocycles. The first-order valence-corrected chi connectivity index (χ1v) is 8.73. The zero-order valence-corrected chi connectivity index (χ0v) is 15.0. The van der Waals surface area contributed by atoms with Gasteiger partial charge < -0.3 is 19.7 Å². The van der Waals surface area contributed by atoms with Crippen LogP contribution in [0.3, 0.4) is 0 Å². The van der Waals surface area contributed by atoms with E-state index in [1.54, 1.807) is 36.4 Å². The van der Waals surface area contributed by atoms with Gasteiger partial charge in [-0.05, 0) is 24.3 Å². The van der Waals surface area contributed by atoms with Crippen LogP contribution in [0.2, 0.25) is 10.0 Å². The van der Waals surface area contributed by atoms with Crippen LogP contribution in [-0.4, -0.2) is 25.2 Å². The lowest BCUT2D eigenvalue weighted by atomic mass is 10.1. The highest BCUT2D eigenvalue weighted by molar-refractivity contribution is 6.44. The average molecular weight is 393 g/mol. The molecule has 0 aliphatic carbocycles. The number of nitrogens with one attached hydrogen (secondary N) is 1. The van der Waals surface area contributed by atoms with E-state index in [0.29, 0.717) is 32.9 Å². The molecular weight excluding hydrogens is 379 g/mol. The fraction of sp³-hybridized carbons (Fsp3) is 0.222. The highest BCUT2D eigenvalue weighted by Crippen LogP contribution is 2.37. The second kappa shape index (κ2) is 6.70. The second-order valence-corrected chi connectivity index (χ2v) is 6.82. The Hall–Kier alpha value is -2.44. The highest BCUT2D eigenvalue weighted by atomic mass is 35.5. The molecule has 1 fully saturated rings. The van der Waals surface area contributed by atoms with Crippen LogP contribution in [0.4, 0.5) is 11.4 Å². The molecule has 8 heteroatoms. The molecule has 2 aromatic carbocycles. The van der Waals surface area contributed by atoms with E-state index in [-0.39, 0.29) is 31.6 Å². The smallest absolute Gasteiger partial charge is 0.231 e. The van der Waals surface area contributed by atoms with Crippen molar-refractivity contribution in [2.24, 2.45) is 5.92 Å². The first-order chi connectivity index (χ1) is 12.5. The lowest BCUT2D eigenvalue weighted by Gasteiger charge is -2.18. The zero-order valence-electron chi connectivity index (χ0n) is 13.5. The Labute approximate surface area is 159 Å². The monoisotopic (exact) mass is 392 g/mol. The summed E-state index contributed by atoms with van der Waals surface area (Å²) in [5, 5.41) is 3.49. The Balaban J connectivity index is 1.48. The van der Waals surface area contributed by atoms with E-state index in [2.05, 4.69) is 5.32 Å². The third kappa shape index (κ3) is 3.06. The molecule has 134 valence electrons. The summed E-state index contributed by atoms with van der Waals surface area (Å²) in [4.78, 5) is 26.4. The van der Waals surface area contributed by atoms with E-state index in [9.17, 15) is 9.59 Å². The third-order valence-electron chi connectivity index (χ3n) is 4.36. The number of benzene rings is 2. The van der Waals surface area contributed by atoms with Gasteiger partial charge in [-0.2, -0.15) is 0 Å². The van der Waals surface area contributed by atoms with Crippen molar-refractivity contribution in [3.8, 4) is 11.5 Å². The maximum atomic E-state index is 12.6. The van der Waals surface area contributed by atoms with Gasteiger partial charge in [0.2, 0.25) is 18.6 Å². The molecule has 0 bridgehead atoms. The summed E-state index contributed by atoms with van der Waals surface area (Å²) in [5.41, 5.74) is 1.11. The number of ether oxygens (including phenoxy) is 2. The summed E-state index contributed by atoms with van der Waals surface area (Å²) < 4.78 is 10.5. The van der Waals surface area contributed by atoms with Crippen LogP contribution in [0.25, 0.3) is 0 Å². The number of amides is 2. The molecule has 2 aliphatic rings. The summed E-state index contributed by atoms with van der Waals surface area (Å²) in [6.45, 7) is 0.411. The van der Waals surface area contributed by atoms with Crippen molar-refractivity contribution in [1.82, 2.24) is 0 Å². The minimum Gasteiger partial charge on any atom is -0.454 e. The average Bonchev–Trinajstić information content (AvgIpc) is 3.23. The lowest BCUT2D eigenvalue weighted by molar-refractivity contribution is -0.122. The van der Waals surface area contributed by atoms with Crippen molar-refractivity contribution >= 4 is 46.4 Å². The Kier molecular flexibility index (Phi) is 4.38. The third-order valence-corrected chi connectivity index (χ3v) is 5.17. The summed E-state index contributed by atoms with van der Waals surface area (Å²) in [6.07, 6.45) is 0.110. The van der Waals surface area contributed by atoms with Gasteiger partial charge in [0.15, 0.2) is 11.5 Å². The first kappa shape index (κ1) is 17.0. The molecule has 0 saturated carbocycles. The van der Waals surface area contributed by atoms with Crippen molar-refractivity contribution < 1.29 is 19.1 Å². The Bertz CT molecular complexity index is 903. The van der Waals surface area contributed by atoms with Crippen LogP contribution in [0.15, 0.2) is 36.4 Å². The minimum atomic E-state index is -0.483. The van der Waals surface area contributed by atoms with Crippen molar-refractivity contribution in [3.05, 3.63) is 46.4 Å². The molecular formula is C18H14Cl2N2O4. The number of carbonyl (C=O) groups is 2. The molecule has 2 amide bonds. The molecule has 1 atom stereocenters. The number of nitrogens with zero attached hydrogens (tertiary/aromatic N) is 1. The number of fused-ring (bicyclic) bond motifs is 1. The van der Waals surface area contributed by atoms with Gasteiger partial charge in [-0.15, -0.1) is 0 Å². The van der Waals surface area contributed by atoms with Crippen molar-refractivity contribution in [1.29, 1.82) is 0 Å². The molecule has 4 rings (SSSR count). The van der Waals surface area contributed by atoms with Crippen LogP contribution in [0.1, 0.15) is 6.42 Å². The topological polar surface area (TPSA) is 67.9 Å². The fourth-order valence-electron chi connectivity index (χ4n) is 3.04. The van der Waals surface area contributed by atoms with Gasteiger partial charge in [0.1, 0.15) is 0 Å². The largest absolute Gasteiger partial charge is 0.454 e. The van der Waals surface area contributed by atoms with Crippen LogP contribution < -0.4 is 19.7 Å². The lowest BCUT2D eigenvalue weighted by Crippen LogP contribution is -2.28. The number of hydrogen-bond acceptors (Lipinski definition) is 4. The number of halogens is 2. The maximum absolute atomic E-state index is 12.6. The maximum Gasteiger partial charge on any atom is 0.231 e. The molecule has 26 heavy (non-hydrogen) atoms. The number of anilines is 2. The van der Waals surface area contributed by atoms with Gasteiger partial charge in [-0.3, -0.25) is 9.59 Å². The molecule has 1 unspecified atom stereocenters. The minimum absolute atomic E-state index is 0.110. The van der Waals surface area contributed by atoms with Crippen LogP contribution in [0, 0.1) is 5.92 Å². The van der Waals surface area contributed by atoms with Crippen molar-refractivity contribution in [2.75, 3.05) is 23.6 Å². The molecule has 2 aromatic rings. The van der Waals surface area contributed by atoms with Crippen LogP contribution in [0.5, 0.6) is 11.5 Å². The Morgan fingerprint density at radius 1 is 1.15 bits per heavy atom. The van der Waals surface area contributed by atoms with Crippen molar-refractivity contribution in [2.45, 2.75) is 6.42 Å². The quantitative estimate of drug-likeness (QED) is 0.864. The number of hydrogen-bond donors (Lipinski definition) is 1. The molecule has 0 radical (unpaired) electrons. The summed E-state index contributed by atoms with van der Waals surface area (Å²) >= 11 is 12.2. The molecule has 6 nitrogen and oxygen atoms in total. The second-order valence-electron chi connectivity index (χ2n) is 6.04. The van der Waals surface area contributed by atoms with Crippen LogP contribution in [-0.2, 0) is 9.59 Å². The van der Waals surface area contributed by atoms with Gasteiger partial charge >= 0.3 is 0 Å². The summed E-state index contributed by atoms with van der Waals surface area (Å²) in [7, 11) is 0. The Morgan fingerprint density at radius 3 is 2.81 bits per heavy atom.